The van der Waals surface area contributed by atoms with Crippen LogP contribution in [0, 0.1) is 0 Å². The van der Waals surface area contributed by atoms with E-state index < -0.39 is 0 Å². The van der Waals surface area contributed by atoms with Crippen LogP contribution in [-0.4, -0.2) is 18.6 Å². The number of ether oxygens (including phenoxy) is 2. The van der Waals surface area contributed by atoms with Crippen LogP contribution in [-0.2, 0) is 17.8 Å². The zero-order valence-corrected chi connectivity index (χ0v) is 13.2. The molecule has 1 amide bonds. The summed E-state index contributed by atoms with van der Waals surface area (Å²) in [4.78, 5) is 11.0. The van der Waals surface area contributed by atoms with E-state index in [1.807, 2.05) is 36.4 Å². The minimum atomic E-state index is -0.0122. The average Bonchev–Trinajstić information content (AvgIpc) is 2.58. The van der Waals surface area contributed by atoms with Crippen LogP contribution in [0.5, 0.6) is 11.5 Å². The van der Waals surface area contributed by atoms with Crippen molar-refractivity contribution >= 4 is 5.91 Å². The lowest BCUT2D eigenvalue weighted by Gasteiger charge is -2.26. The van der Waals surface area contributed by atoms with Crippen LogP contribution in [0.25, 0.3) is 0 Å². The molecule has 0 fully saturated rings. The van der Waals surface area contributed by atoms with E-state index >= 15 is 0 Å². The monoisotopic (exact) mass is 311 g/mol. The summed E-state index contributed by atoms with van der Waals surface area (Å²) < 4.78 is 11.7. The topological polar surface area (TPSA) is 47.6 Å². The minimum Gasteiger partial charge on any atom is -0.486 e. The number of carbonyl (C=O) groups excluding carboxylic acids is 1. The van der Waals surface area contributed by atoms with Crippen molar-refractivity contribution in [3.63, 3.8) is 0 Å². The fourth-order valence-electron chi connectivity index (χ4n) is 2.65. The Kier molecular flexibility index (Phi) is 4.81. The van der Waals surface area contributed by atoms with E-state index in [0.717, 1.165) is 29.9 Å². The summed E-state index contributed by atoms with van der Waals surface area (Å²) in [6, 6.07) is 16.1. The van der Waals surface area contributed by atoms with Crippen molar-refractivity contribution in [2.75, 3.05) is 6.61 Å². The zero-order valence-electron chi connectivity index (χ0n) is 13.2. The van der Waals surface area contributed by atoms with Gasteiger partial charge in [0, 0.05) is 13.5 Å². The van der Waals surface area contributed by atoms with Gasteiger partial charge in [0.25, 0.3) is 0 Å². The molecular weight excluding hydrogens is 290 g/mol. The van der Waals surface area contributed by atoms with Crippen LogP contribution in [0.3, 0.4) is 0 Å². The number of aryl methyl sites for hydroxylation is 1. The van der Waals surface area contributed by atoms with E-state index in [-0.39, 0.29) is 12.0 Å². The first kappa shape index (κ1) is 15.4. The zero-order chi connectivity index (χ0) is 16.1. The molecule has 0 bridgehead atoms. The van der Waals surface area contributed by atoms with Crippen molar-refractivity contribution in [1.29, 1.82) is 0 Å². The van der Waals surface area contributed by atoms with Crippen LogP contribution < -0.4 is 14.8 Å². The molecule has 1 N–H and O–H groups in total. The Bertz CT molecular complexity index is 684. The third-order valence-electron chi connectivity index (χ3n) is 3.86. The molecule has 0 aliphatic carbocycles. The number of nitrogens with one attached hydrogen (secondary N) is 1. The van der Waals surface area contributed by atoms with Gasteiger partial charge in [-0.3, -0.25) is 4.79 Å². The first-order valence-electron chi connectivity index (χ1n) is 7.91. The highest BCUT2D eigenvalue weighted by Gasteiger charge is 2.20. The first-order chi connectivity index (χ1) is 11.2. The smallest absolute Gasteiger partial charge is 0.217 e. The molecule has 0 spiro atoms. The SMILES string of the molecule is CC(=O)NCc1cccc(CC[C@H]2COc3ccccc3O2)c1. The Morgan fingerprint density at radius 2 is 1.91 bits per heavy atom. The Morgan fingerprint density at radius 3 is 2.74 bits per heavy atom. The van der Waals surface area contributed by atoms with Gasteiger partial charge in [-0.05, 0) is 36.1 Å². The third-order valence-corrected chi connectivity index (χ3v) is 3.86. The maximum absolute atomic E-state index is 11.0. The third kappa shape index (κ3) is 4.25. The number of amides is 1. The second-order valence-corrected chi connectivity index (χ2v) is 5.77. The van der Waals surface area contributed by atoms with Crippen molar-refractivity contribution in [2.24, 2.45) is 0 Å². The van der Waals surface area contributed by atoms with Crippen molar-refractivity contribution in [3.05, 3.63) is 59.7 Å². The summed E-state index contributed by atoms with van der Waals surface area (Å²) in [6.45, 7) is 2.68. The second kappa shape index (κ2) is 7.18. The lowest BCUT2D eigenvalue weighted by atomic mass is 10.0. The van der Waals surface area contributed by atoms with Crippen molar-refractivity contribution in [3.8, 4) is 11.5 Å². The van der Waals surface area contributed by atoms with Crippen LogP contribution in [0.2, 0.25) is 0 Å². The first-order valence-corrected chi connectivity index (χ1v) is 7.91. The van der Waals surface area contributed by atoms with Crippen molar-refractivity contribution in [2.45, 2.75) is 32.4 Å². The standard InChI is InChI=1S/C19H21NO3/c1-14(21)20-12-16-6-4-5-15(11-16)9-10-17-13-22-18-7-2-3-8-19(18)23-17/h2-8,11,17H,9-10,12-13H2,1H3,(H,20,21)/t17-/m0/s1. The number of rotatable bonds is 5. The summed E-state index contributed by atoms with van der Waals surface area (Å²) in [6.07, 6.45) is 1.89. The molecule has 4 nitrogen and oxygen atoms in total. The summed E-state index contributed by atoms with van der Waals surface area (Å²) in [5.41, 5.74) is 2.36. The molecule has 23 heavy (non-hydrogen) atoms. The largest absolute Gasteiger partial charge is 0.486 e. The molecule has 0 aromatic heterocycles. The van der Waals surface area contributed by atoms with Crippen LogP contribution in [0.4, 0.5) is 0 Å². The van der Waals surface area contributed by atoms with Gasteiger partial charge in [-0.1, -0.05) is 36.4 Å². The van der Waals surface area contributed by atoms with Gasteiger partial charge in [-0.2, -0.15) is 0 Å². The van der Waals surface area contributed by atoms with Crippen molar-refractivity contribution in [1.82, 2.24) is 5.32 Å². The van der Waals surface area contributed by atoms with Gasteiger partial charge in [0.2, 0.25) is 5.91 Å². The molecule has 0 unspecified atom stereocenters. The summed E-state index contributed by atoms with van der Waals surface area (Å²) in [5.74, 6) is 1.63. The number of hydrogen-bond acceptors (Lipinski definition) is 3. The van der Waals surface area contributed by atoms with Gasteiger partial charge < -0.3 is 14.8 Å². The molecule has 1 aliphatic rings. The maximum atomic E-state index is 11.0. The average molecular weight is 311 g/mol. The van der Waals surface area contributed by atoms with E-state index in [9.17, 15) is 4.79 Å². The Balaban J connectivity index is 1.55. The normalized spacial score (nSPS) is 16.0. The molecule has 4 heteroatoms. The van der Waals surface area contributed by atoms with Gasteiger partial charge in [0.15, 0.2) is 11.5 Å². The lowest BCUT2D eigenvalue weighted by Crippen LogP contribution is -2.29. The molecule has 1 atom stereocenters. The summed E-state index contributed by atoms with van der Waals surface area (Å²) >= 11 is 0. The maximum Gasteiger partial charge on any atom is 0.217 e. The van der Waals surface area contributed by atoms with Crippen LogP contribution >= 0.6 is 0 Å². The molecule has 0 saturated heterocycles. The minimum absolute atomic E-state index is 0.0122. The highest BCUT2D eigenvalue weighted by molar-refractivity contribution is 5.72. The predicted octanol–water partition coefficient (Wildman–Crippen LogP) is 3.10. The lowest BCUT2D eigenvalue weighted by molar-refractivity contribution is -0.119. The van der Waals surface area contributed by atoms with Gasteiger partial charge >= 0.3 is 0 Å². The highest BCUT2D eigenvalue weighted by atomic mass is 16.6. The number of benzene rings is 2. The van der Waals surface area contributed by atoms with Crippen LogP contribution in [0.15, 0.2) is 48.5 Å². The fraction of sp³-hybridized carbons (Fsp3) is 0.316. The van der Waals surface area contributed by atoms with Gasteiger partial charge in [0.1, 0.15) is 12.7 Å². The molecule has 2 aromatic rings. The molecule has 1 heterocycles. The van der Waals surface area contributed by atoms with Gasteiger partial charge in [-0.15, -0.1) is 0 Å². The summed E-state index contributed by atoms with van der Waals surface area (Å²) in [5, 5.41) is 2.82. The van der Waals surface area contributed by atoms with E-state index in [1.54, 1.807) is 0 Å². The van der Waals surface area contributed by atoms with Crippen molar-refractivity contribution < 1.29 is 14.3 Å². The van der Waals surface area contributed by atoms with Gasteiger partial charge in [0.05, 0.1) is 0 Å². The predicted molar refractivity (Wildman–Crippen MR) is 88.6 cm³/mol. The quantitative estimate of drug-likeness (QED) is 0.923. The number of para-hydroxylation sites is 2. The fourth-order valence-corrected chi connectivity index (χ4v) is 2.65. The van der Waals surface area contributed by atoms with E-state index in [1.165, 1.54) is 12.5 Å². The molecule has 120 valence electrons. The Morgan fingerprint density at radius 1 is 1.13 bits per heavy atom. The molecule has 0 saturated carbocycles. The Hall–Kier alpha value is -2.49. The molecule has 0 radical (unpaired) electrons. The van der Waals surface area contributed by atoms with Gasteiger partial charge in [-0.25, -0.2) is 0 Å². The molecule has 2 aromatic carbocycles. The summed E-state index contributed by atoms with van der Waals surface area (Å²) in [7, 11) is 0. The highest BCUT2D eigenvalue weighted by Crippen LogP contribution is 2.31. The van der Waals surface area contributed by atoms with E-state index in [0.29, 0.717) is 13.2 Å². The Labute approximate surface area is 136 Å². The number of hydrogen-bond donors (Lipinski definition) is 1. The van der Waals surface area contributed by atoms with Crippen LogP contribution in [0.1, 0.15) is 24.5 Å². The van der Waals surface area contributed by atoms with E-state index in [2.05, 4.69) is 17.4 Å². The second-order valence-electron chi connectivity index (χ2n) is 5.77. The molecule has 3 rings (SSSR count). The number of fused-ring (bicyclic) bond motifs is 1. The molecule has 1 aliphatic heterocycles. The number of carbonyl (C=O) groups is 1. The molecular formula is C19H21NO3. The van der Waals surface area contributed by atoms with E-state index in [4.69, 9.17) is 9.47 Å².